The monoisotopic (exact) mass is 416 g/mol. The molecule has 162 valence electrons. The van der Waals surface area contributed by atoms with Crippen LogP contribution in [0.5, 0.6) is 17.2 Å². The van der Waals surface area contributed by atoms with Gasteiger partial charge in [0.05, 0.1) is 34.4 Å². The molecule has 2 rings (SSSR count). The molecule has 0 bridgehead atoms. The van der Waals surface area contributed by atoms with Crippen molar-refractivity contribution < 1.29 is 28.5 Å². The van der Waals surface area contributed by atoms with Crippen molar-refractivity contribution in [1.29, 1.82) is 0 Å². The van der Waals surface area contributed by atoms with Crippen LogP contribution in [0.25, 0.3) is 0 Å². The largest absolute Gasteiger partial charge is 0.493 e. The van der Waals surface area contributed by atoms with Gasteiger partial charge in [-0.25, -0.2) is 0 Å². The minimum atomic E-state index is -0.529. The van der Waals surface area contributed by atoms with Crippen LogP contribution in [0.15, 0.2) is 42.5 Å². The van der Waals surface area contributed by atoms with Crippen molar-refractivity contribution in [1.82, 2.24) is 5.32 Å². The van der Waals surface area contributed by atoms with Crippen molar-refractivity contribution in [2.24, 2.45) is 0 Å². The van der Waals surface area contributed by atoms with Crippen molar-refractivity contribution in [2.75, 3.05) is 46.4 Å². The Kier molecular flexibility index (Phi) is 8.34. The van der Waals surface area contributed by atoms with Gasteiger partial charge in [0.15, 0.2) is 11.5 Å². The zero-order valence-corrected chi connectivity index (χ0v) is 17.9. The van der Waals surface area contributed by atoms with Crippen LogP contribution in [0.2, 0.25) is 0 Å². The van der Waals surface area contributed by atoms with Gasteiger partial charge in [0, 0.05) is 25.2 Å². The molecule has 2 aromatic carbocycles. The van der Waals surface area contributed by atoms with E-state index >= 15 is 0 Å². The van der Waals surface area contributed by atoms with Crippen LogP contribution in [0, 0.1) is 0 Å². The van der Waals surface area contributed by atoms with Crippen LogP contribution < -0.4 is 24.4 Å². The number of para-hydroxylation sites is 1. The minimum Gasteiger partial charge on any atom is -0.493 e. The average Bonchev–Trinajstić information content (AvgIpc) is 2.76. The summed E-state index contributed by atoms with van der Waals surface area (Å²) in [5.74, 6) is 0.390. The maximum atomic E-state index is 12.7. The lowest BCUT2D eigenvalue weighted by atomic mass is 10.1. The number of benzene rings is 2. The number of likely N-dealkylation sites (N-methyl/N-ethyl adjacent to an activating group) is 1. The van der Waals surface area contributed by atoms with Crippen LogP contribution in [0.4, 0.5) is 5.69 Å². The number of rotatable bonds is 10. The van der Waals surface area contributed by atoms with Crippen LogP contribution in [0.1, 0.15) is 17.3 Å². The second-order valence-corrected chi connectivity index (χ2v) is 6.57. The predicted molar refractivity (Wildman–Crippen MR) is 114 cm³/mol. The van der Waals surface area contributed by atoms with Gasteiger partial charge in [-0.2, -0.15) is 0 Å². The summed E-state index contributed by atoms with van der Waals surface area (Å²) in [6.07, 6.45) is -0.529. The first-order chi connectivity index (χ1) is 14.4. The van der Waals surface area contributed by atoms with Crippen molar-refractivity contribution in [3.63, 3.8) is 0 Å². The predicted octanol–water partition coefficient (Wildman–Crippen LogP) is 2.51. The van der Waals surface area contributed by atoms with Gasteiger partial charge in [0.2, 0.25) is 5.75 Å². The molecule has 0 saturated carbocycles. The molecule has 1 N–H and O–H groups in total. The highest BCUT2D eigenvalue weighted by atomic mass is 16.5. The van der Waals surface area contributed by atoms with E-state index < -0.39 is 12.1 Å². The Bertz CT molecular complexity index is 831. The third-order valence-electron chi connectivity index (χ3n) is 4.42. The Hall–Kier alpha value is -3.42. The lowest BCUT2D eigenvalue weighted by Gasteiger charge is -2.25. The highest BCUT2D eigenvalue weighted by Crippen LogP contribution is 2.38. The fourth-order valence-electron chi connectivity index (χ4n) is 2.99. The number of carbonyl (C=O) groups excluding carboxylic acids is 2. The second-order valence-electron chi connectivity index (χ2n) is 6.57. The Labute approximate surface area is 176 Å². The van der Waals surface area contributed by atoms with Gasteiger partial charge in [-0.05, 0) is 24.3 Å². The van der Waals surface area contributed by atoms with Gasteiger partial charge in [0.25, 0.3) is 5.91 Å². The third-order valence-corrected chi connectivity index (χ3v) is 4.42. The lowest BCUT2D eigenvalue weighted by Crippen LogP contribution is -2.41. The van der Waals surface area contributed by atoms with E-state index in [1.54, 1.807) is 12.1 Å². The highest BCUT2D eigenvalue weighted by molar-refractivity contribution is 5.95. The first kappa shape index (κ1) is 22.9. The van der Waals surface area contributed by atoms with Crippen molar-refractivity contribution >= 4 is 17.6 Å². The molecule has 30 heavy (non-hydrogen) atoms. The van der Waals surface area contributed by atoms with E-state index in [1.807, 2.05) is 42.3 Å². The molecule has 0 heterocycles. The third kappa shape index (κ3) is 6.04. The Morgan fingerprint density at radius 3 is 2.10 bits per heavy atom. The summed E-state index contributed by atoms with van der Waals surface area (Å²) in [7, 11) is 6.35. The van der Waals surface area contributed by atoms with Gasteiger partial charge < -0.3 is 29.2 Å². The lowest BCUT2D eigenvalue weighted by molar-refractivity contribution is -0.145. The normalized spacial score (nSPS) is 11.2. The molecule has 0 radical (unpaired) electrons. The molecule has 0 aromatic heterocycles. The molecule has 8 heteroatoms. The first-order valence-corrected chi connectivity index (χ1v) is 9.41. The smallest absolute Gasteiger partial charge is 0.303 e. The number of amides is 1. The zero-order chi connectivity index (χ0) is 22.1. The molecule has 1 amide bonds. The minimum absolute atomic E-state index is 0.145. The molecule has 1 atom stereocenters. The highest BCUT2D eigenvalue weighted by Gasteiger charge is 2.20. The van der Waals surface area contributed by atoms with E-state index in [0.29, 0.717) is 29.4 Å². The number of ether oxygens (including phenoxy) is 4. The molecule has 1 unspecified atom stereocenters. The van der Waals surface area contributed by atoms with Gasteiger partial charge >= 0.3 is 5.97 Å². The van der Waals surface area contributed by atoms with Crippen LogP contribution in [0.3, 0.4) is 0 Å². The standard InChI is InChI=1S/C22H28N2O6/c1-15(25)30-18(14-24(2)17-9-7-6-8-10-17)13-23-22(26)16-11-19(27-3)21(29-5)20(12-16)28-4/h6-12,18H,13-14H2,1-5H3,(H,23,26). The fourth-order valence-corrected chi connectivity index (χ4v) is 2.99. The molecular weight excluding hydrogens is 388 g/mol. The Morgan fingerprint density at radius 1 is 1.00 bits per heavy atom. The zero-order valence-electron chi connectivity index (χ0n) is 17.9. The molecule has 0 aliphatic carbocycles. The molecule has 0 saturated heterocycles. The van der Waals surface area contributed by atoms with Gasteiger partial charge in [-0.1, -0.05) is 18.2 Å². The van der Waals surface area contributed by atoms with E-state index in [9.17, 15) is 9.59 Å². The number of nitrogens with zero attached hydrogens (tertiary/aromatic N) is 1. The molecule has 0 fully saturated rings. The number of carbonyl (C=O) groups is 2. The summed E-state index contributed by atoms with van der Waals surface area (Å²) in [5.41, 5.74) is 1.31. The van der Waals surface area contributed by atoms with E-state index in [1.165, 1.54) is 28.3 Å². The van der Waals surface area contributed by atoms with Crippen LogP contribution >= 0.6 is 0 Å². The van der Waals surface area contributed by atoms with Gasteiger partial charge in [-0.3, -0.25) is 9.59 Å². The number of methoxy groups -OCH3 is 3. The number of hydrogen-bond acceptors (Lipinski definition) is 7. The Balaban J connectivity index is 2.11. The summed E-state index contributed by atoms with van der Waals surface area (Å²) in [4.78, 5) is 26.2. The number of hydrogen-bond donors (Lipinski definition) is 1. The number of anilines is 1. The fraction of sp³-hybridized carbons (Fsp3) is 0.364. The van der Waals surface area contributed by atoms with E-state index in [-0.39, 0.29) is 12.5 Å². The summed E-state index contributed by atoms with van der Waals surface area (Å²) in [6, 6.07) is 12.8. The van der Waals surface area contributed by atoms with Crippen molar-refractivity contribution in [3.8, 4) is 17.2 Å². The number of esters is 1. The molecule has 0 aliphatic rings. The quantitative estimate of drug-likeness (QED) is 0.596. The summed E-state index contributed by atoms with van der Waals surface area (Å²) >= 11 is 0. The number of nitrogens with one attached hydrogen (secondary N) is 1. The molecule has 2 aromatic rings. The molecule has 0 aliphatic heterocycles. The maximum absolute atomic E-state index is 12.7. The SMILES string of the molecule is COc1cc(C(=O)NCC(CN(C)c2ccccc2)OC(C)=O)cc(OC)c1OC. The average molecular weight is 416 g/mol. The summed E-state index contributed by atoms with van der Waals surface area (Å²) in [5, 5.41) is 2.81. The van der Waals surface area contributed by atoms with Crippen molar-refractivity contribution in [3.05, 3.63) is 48.0 Å². The summed E-state index contributed by atoms with van der Waals surface area (Å²) < 4.78 is 21.2. The van der Waals surface area contributed by atoms with E-state index in [0.717, 1.165) is 5.69 Å². The van der Waals surface area contributed by atoms with Crippen molar-refractivity contribution in [2.45, 2.75) is 13.0 Å². The Morgan fingerprint density at radius 2 is 1.60 bits per heavy atom. The first-order valence-electron chi connectivity index (χ1n) is 9.41. The molecule has 0 spiro atoms. The maximum Gasteiger partial charge on any atom is 0.303 e. The van der Waals surface area contributed by atoms with Gasteiger partial charge in [-0.15, -0.1) is 0 Å². The van der Waals surface area contributed by atoms with Crippen LogP contribution in [-0.2, 0) is 9.53 Å². The molecular formula is C22H28N2O6. The van der Waals surface area contributed by atoms with Gasteiger partial charge in [0.1, 0.15) is 6.10 Å². The van der Waals surface area contributed by atoms with E-state index in [2.05, 4.69) is 5.32 Å². The topological polar surface area (TPSA) is 86.3 Å². The van der Waals surface area contributed by atoms with Crippen LogP contribution in [-0.4, -0.2) is 59.4 Å². The summed E-state index contributed by atoms with van der Waals surface area (Å²) in [6.45, 7) is 1.90. The molecule has 8 nitrogen and oxygen atoms in total. The van der Waals surface area contributed by atoms with E-state index in [4.69, 9.17) is 18.9 Å². The second kappa shape index (κ2) is 10.9.